The van der Waals surface area contributed by atoms with Crippen molar-refractivity contribution in [2.75, 3.05) is 0 Å². The lowest BCUT2D eigenvalue weighted by Gasteiger charge is -2.24. The minimum Gasteiger partial charge on any atom is -0.335 e. The van der Waals surface area contributed by atoms with Crippen LogP contribution in [0.25, 0.3) is 87.5 Å². The highest BCUT2D eigenvalue weighted by atomic mass is 15.0. The molecule has 8 aromatic carbocycles. The summed E-state index contributed by atoms with van der Waals surface area (Å²) < 4.78 is 2.52. The SMILES string of the molecule is CC(C)(C)n1c2ccc(-c3c4ccccc4c(-c4ccccc4-c4ccccc4)c4ccccc34)cc2c2cc3ccccc3cc21. The third kappa shape index (κ3) is 4.31. The molecule has 0 fully saturated rings. The number of benzene rings is 8. The highest BCUT2D eigenvalue weighted by Gasteiger charge is 2.23. The van der Waals surface area contributed by atoms with Crippen LogP contribution in [-0.2, 0) is 5.54 Å². The highest BCUT2D eigenvalue weighted by Crippen LogP contribution is 2.47. The molecule has 0 N–H and O–H groups in total. The third-order valence-electron chi connectivity index (χ3n) is 9.80. The fourth-order valence-electron chi connectivity index (χ4n) is 7.88. The molecule has 0 aliphatic rings. The van der Waals surface area contributed by atoms with Crippen molar-refractivity contribution in [3.05, 3.63) is 158 Å². The number of hydrogen-bond donors (Lipinski definition) is 0. The molecule has 0 saturated heterocycles. The summed E-state index contributed by atoms with van der Waals surface area (Å²) in [5.74, 6) is 0. The van der Waals surface area contributed by atoms with Gasteiger partial charge in [0.25, 0.3) is 0 Å². The average Bonchev–Trinajstić information content (AvgIpc) is 3.43. The van der Waals surface area contributed by atoms with E-state index in [0.29, 0.717) is 0 Å². The van der Waals surface area contributed by atoms with E-state index in [1.807, 2.05) is 0 Å². The van der Waals surface area contributed by atoms with Crippen LogP contribution in [0.2, 0.25) is 0 Å². The van der Waals surface area contributed by atoms with Crippen LogP contribution in [0.15, 0.2) is 158 Å². The van der Waals surface area contributed by atoms with E-state index in [-0.39, 0.29) is 5.54 Å². The smallest absolute Gasteiger partial charge is 0.0502 e. The van der Waals surface area contributed by atoms with E-state index in [2.05, 4.69) is 183 Å². The predicted octanol–water partition coefficient (Wildman–Crippen LogP) is 13.0. The van der Waals surface area contributed by atoms with Crippen molar-refractivity contribution >= 4 is 54.1 Å². The number of nitrogens with zero attached hydrogens (tertiary/aromatic N) is 1. The molecule has 9 rings (SSSR count). The minimum absolute atomic E-state index is 0.0723. The van der Waals surface area contributed by atoms with E-state index in [1.165, 1.54) is 87.5 Å². The second-order valence-electron chi connectivity index (χ2n) is 13.7. The van der Waals surface area contributed by atoms with Gasteiger partial charge in [-0.15, -0.1) is 0 Å². The molecule has 0 radical (unpaired) electrons. The molecule has 47 heavy (non-hydrogen) atoms. The lowest BCUT2D eigenvalue weighted by molar-refractivity contribution is 0.423. The zero-order chi connectivity index (χ0) is 31.7. The Morgan fingerprint density at radius 3 is 1.51 bits per heavy atom. The molecule has 0 spiro atoms. The van der Waals surface area contributed by atoms with Gasteiger partial charge < -0.3 is 4.57 Å². The molecule has 1 nitrogen and oxygen atoms in total. The molecular weight excluding hydrogens is 567 g/mol. The van der Waals surface area contributed by atoms with Crippen molar-refractivity contribution in [3.63, 3.8) is 0 Å². The molecular formula is C46H35N. The van der Waals surface area contributed by atoms with Crippen LogP contribution in [0, 0.1) is 0 Å². The Bertz CT molecular complexity index is 2590. The molecule has 9 aromatic rings. The Labute approximate surface area is 275 Å². The van der Waals surface area contributed by atoms with Gasteiger partial charge in [0.15, 0.2) is 0 Å². The van der Waals surface area contributed by atoms with E-state index in [4.69, 9.17) is 0 Å². The second kappa shape index (κ2) is 10.4. The number of rotatable bonds is 3. The van der Waals surface area contributed by atoms with E-state index in [1.54, 1.807) is 0 Å². The topological polar surface area (TPSA) is 4.93 Å². The maximum absolute atomic E-state index is 2.52. The van der Waals surface area contributed by atoms with Gasteiger partial charge in [-0.05, 0) is 111 Å². The van der Waals surface area contributed by atoms with Crippen molar-refractivity contribution in [1.29, 1.82) is 0 Å². The standard InChI is InChI=1S/C46H35N/c1-46(2,3)47-42-26-25-33(28-40(42)41-27-31-17-7-8-18-32(31)29-43(41)47)44-36-21-11-13-23-38(36)45(39-24-14-12-22-37(39)44)35-20-10-9-19-34(35)30-15-5-4-6-16-30/h4-29H,1-3H3. The molecule has 0 atom stereocenters. The van der Waals surface area contributed by atoms with Crippen LogP contribution < -0.4 is 0 Å². The van der Waals surface area contributed by atoms with Crippen LogP contribution in [0.4, 0.5) is 0 Å². The largest absolute Gasteiger partial charge is 0.335 e. The molecule has 1 heterocycles. The lowest BCUT2D eigenvalue weighted by atomic mass is 9.83. The van der Waals surface area contributed by atoms with Crippen LogP contribution in [0.3, 0.4) is 0 Å². The molecule has 0 aliphatic heterocycles. The van der Waals surface area contributed by atoms with Crippen LogP contribution >= 0.6 is 0 Å². The summed E-state index contributed by atoms with van der Waals surface area (Å²) in [6.45, 7) is 6.92. The van der Waals surface area contributed by atoms with Gasteiger partial charge in [0.2, 0.25) is 0 Å². The van der Waals surface area contributed by atoms with E-state index in [0.717, 1.165) is 0 Å². The van der Waals surface area contributed by atoms with Crippen molar-refractivity contribution < 1.29 is 0 Å². The predicted molar refractivity (Wildman–Crippen MR) is 203 cm³/mol. The van der Waals surface area contributed by atoms with Crippen LogP contribution in [-0.4, -0.2) is 4.57 Å². The van der Waals surface area contributed by atoms with Crippen LogP contribution in [0.5, 0.6) is 0 Å². The highest BCUT2D eigenvalue weighted by molar-refractivity contribution is 6.23. The lowest BCUT2D eigenvalue weighted by Crippen LogP contribution is -2.21. The zero-order valence-corrected chi connectivity index (χ0v) is 27.0. The van der Waals surface area contributed by atoms with Crippen molar-refractivity contribution in [2.24, 2.45) is 0 Å². The number of fused-ring (bicyclic) bond motifs is 6. The quantitative estimate of drug-likeness (QED) is 0.178. The fourth-order valence-corrected chi connectivity index (χ4v) is 7.88. The first-order valence-corrected chi connectivity index (χ1v) is 16.5. The summed E-state index contributed by atoms with van der Waals surface area (Å²) in [7, 11) is 0. The Morgan fingerprint density at radius 1 is 0.362 bits per heavy atom. The summed E-state index contributed by atoms with van der Waals surface area (Å²) in [5, 5.41) is 10.2. The summed E-state index contributed by atoms with van der Waals surface area (Å²) in [6.07, 6.45) is 0. The summed E-state index contributed by atoms with van der Waals surface area (Å²) in [6, 6.07) is 58.2. The monoisotopic (exact) mass is 601 g/mol. The first-order chi connectivity index (χ1) is 23.0. The normalized spacial score (nSPS) is 12.1. The molecule has 0 amide bonds. The maximum Gasteiger partial charge on any atom is 0.0502 e. The molecule has 0 saturated carbocycles. The third-order valence-corrected chi connectivity index (χ3v) is 9.80. The number of aromatic nitrogens is 1. The molecule has 224 valence electrons. The van der Waals surface area contributed by atoms with Gasteiger partial charge in [0.1, 0.15) is 0 Å². The first kappa shape index (κ1) is 27.6. The second-order valence-corrected chi connectivity index (χ2v) is 13.7. The Morgan fingerprint density at radius 2 is 0.872 bits per heavy atom. The van der Waals surface area contributed by atoms with Crippen molar-refractivity contribution in [3.8, 4) is 33.4 Å². The van der Waals surface area contributed by atoms with Crippen molar-refractivity contribution in [2.45, 2.75) is 26.3 Å². The van der Waals surface area contributed by atoms with Gasteiger partial charge in [0.05, 0.1) is 5.52 Å². The van der Waals surface area contributed by atoms with Gasteiger partial charge in [0, 0.05) is 21.8 Å². The first-order valence-electron chi connectivity index (χ1n) is 16.5. The summed E-state index contributed by atoms with van der Waals surface area (Å²) in [5.41, 5.74) is 10.0. The summed E-state index contributed by atoms with van der Waals surface area (Å²) >= 11 is 0. The Balaban J connectivity index is 1.38. The molecule has 1 aromatic heterocycles. The molecule has 1 heteroatoms. The average molecular weight is 602 g/mol. The molecule has 0 aliphatic carbocycles. The molecule has 0 bridgehead atoms. The Kier molecular flexibility index (Phi) is 6.14. The van der Waals surface area contributed by atoms with Crippen molar-refractivity contribution in [1.82, 2.24) is 4.57 Å². The fraction of sp³-hybridized carbons (Fsp3) is 0.0870. The van der Waals surface area contributed by atoms with Gasteiger partial charge in [-0.1, -0.05) is 133 Å². The van der Waals surface area contributed by atoms with Crippen LogP contribution in [0.1, 0.15) is 20.8 Å². The van der Waals surface area contributed by atoms with E-state index >= 15 is 0 Å². The zero-order valence-electron chi connectivity index (χ0n) is 27.0. The Hall–Kier alpha value is -5.66. The van der Waals surface area contributed by atoms with Gasteiger partial charge in [-0.3, -0.25) is 0 Å². The summed E-state index contributed by atoms with van der Waals surface area (Å²) in [4.78, 5) is 0. The molecule has 0 unspecified atom stereocenters. The number of hydrogen-bond acceptors (Lipinski definition) is 0. The van der Waals surface area contributed by atoms with Gasteiger partial charge in [-0.2, -0.15) is 0 Å². The maximum atomic E-state index is 2.52. The van der Waals surface area contributed by atoms with E-state index in [9.17, 15) is 0 Å². The van der Waals surface area contributed by atoms with Gasteiger partial charge in [-0.25, -0.2) is 0 Å². The van der Waals surface area contributed by atoms with E-state index < -0.39 is 0 Å². The minimum atomic E-state index is -0.0723. The van der Waals surface area contributed by atoms with Gasteiger partial charge >= 0.3 is 0 Å².